The van der Waals surface area contributed by atoms with Crippen molar-refractivity contribution in [3.05, 3.63) is 101 Å². The Hall–Kier alpha value is -2.93. The number of halogens is 2. The highest BCUT2D eigenvalue weighted by molar-refractivity contribution is 6.30. The summed E-state index contributed by atoms with van der Waals surface area (Å²) in [6, 6.07) is 23.6. The van der Waals surface area contributed by atoms with Gasteiger partial charge >= 0.3 is 0 Å². The van der Waals surface area contributed by atoms with E-state index in [1.165, 1.54) is 6.07 Å². The van der Waals surface area contributed by atoms with Crippen LogP contribution in [0.25, 0.3) is 0 Å². The number of ether oxygens (including phenoxy) is 1. The highest BCUT2D eigenvalue weighted by Gasteiger charge is 2.27. The van der Waals surface area contributed by atoms with Crippen molar-refractivity contribution in [3.8, 4) is 5.75 Å². The van der Waals surface area contributed by atoms with E-state index >= 15 is 0 Å². The lowest BCUT2D eigenvalue weighted by Crippen LogP contribution is -2.39. The van der Waals surface area contributed by atoms with Crippen molar-refractivity contribution in [1.82, 2.24) is 4.90 Å². The summed E-state index contributed by atoms with van der Waals surface area (Å²) >= 11 is 6.16. The molecular formula is C26H26ClFN2O3. The van der Waals surface area contributed by atoms with E-state index in [-0.39, 0.29) is 18.5 Å². The molecule has 0 radical (unpaired) electrons. The quantitative estimate of drug-likeness (QED) is 0.459. The van der Waals surface area contributed by atoms with Gasteiger partial charge in [-0.25, -0.2) is 4.39 Å². The molecule has 3 aromatic rings. The fraction of sp³-hybridized carbons (Fsp3) is 0.269. The summed E-state index contributed by atoms with van der Waals surface area (Å²) in [6.07, 6.45) is -0.470. The van der Waals surface area contributed by atoms with Gasteiger partial charge < -0.3 is 14.7 Å². The van der Waals surface area contributed by atoms with Crippen LogP contribution in [0.15, 0.2) is 84.0 Å². The Kier molecular flexibility index (Phi) is 7.94. The summed E-state index contributed by atoms with van der Waals surface area (Å²) in [5.74, 6) is 0.393. The molecule has 1 aliphatic rings. The molecule has 172 valence electrons. The lowest BCUT2D eigenvalue weighted by molar-refractivity contribution is 0.0213. The van der Waals surface area contributed by atoms with E-state index in [0.29, 0.717) is 48.1 Å². The second kappa shape index (κ2) is 11.3. The topological polar surface area (TPSA) is 54.3 Å². The van der Waals surface area contributed by atoms with Crippen LogP contribution in [-0.4, -0.2) is 47.6 Å². The van der Waals surface area contributed by atoms with Gasteiger partial charge in [-0.1, -0.05) is 65.3 Å². The van der Waals surface area contributed by atoms with E-state index in [1.54, 1.807) is 18.2 Å². The first-order chi connectivity index (χ1) is 16.1. The maximum Gasteiger partial charge on any atom is 0.145 e. The van der Waals surface area contributed by atoms with E-state index in [0.717, 1.165) is 5.56 Å². The molecule has 0 saturated heterocycles. The van der Waals surface area contributed by atoms with Crippen LogP contribution in [0.2, 0.25) is 5.02 Å². The van der Waals surface area contributed by atoms with Crippen molar-refractivity contribution < 1.29 is 19.1 Å². The number of oxime groups is 1. The van der Waals surface area contributed by atoms with Gasteiger partial charge in [0.15, 0.2) is 0 Å². The smallest absolute Gasteiger partial charge is 0.145 e. The second-order valence-corrected chi connectivity index (χ2v) is 8.49. The molecule has 1 aliphatic heterocycles. The number of hydrogen-bond donors (Lipinski definition) is 1. The highest BCUT2D eigenvalue weighted by atomic mass is 35.5. The minimum absolute atomic E-state index is 0.165. The Morgan fingerprint density at radius 2 is 1.88 bits per heavy atom. The van der Waals surface area contributed by atoms with Crippen molar-refractivity contribution in [3.63, 3.8) is 0 Å². The largest absolute Gasteiger partial charge is 0.491 e. The molecule has 2 unspecified atom stereocenters. The second-order valence-electron chi connectivity index (χ2n) is 8.05. The van der Waals surface area contributed by atoms with Crippen LogP contribution in [0.1, 0.15) is 17.5 Å². The first kappa shape index (κ1) is 23.2. The fourth-order valence-corrected chi connectivity index (χ4v) is 4.04. The molecule has 0 amide bonds. The van der Waals surface area contributed by atoms with E-state index < -0.39 is 6.10 Å². The van der Waals surface area contributed by atoms with Crippen molar-refractivity contribution in [2.75, 3.05) is 19.7 Å². The normalized spacial score (nSPS) is 16.4. The van der Waals surface area contributed by atoms with Crippen LogP contribution in [-0.2, 0) is 11.4 Å². The van der Waals surface area contributed by atoms with Crippen LogP contribution in [0.5, 0.6) is 5.75 Å². The molecule has 5 nitrogen and oxygen atoms in total. The Bertz CT molecular complexity index is 1080. The summed E-state index contributed by atoms with van der Waals surface area (Å²) in [6.45, 7) is 1.61. The minimum Gasteiger partial charge on any atom is -0.491 e. The standard InChI is InChI=1S/C26H26ClFN2O3/c27-20-8-6-7-19(13-20)15-30(16-21(31)18-32-22-9-2-1-3-10-22)17-23-14-26(29-33-23)24-11-4-5-12-25(24)28/h1-13,21,23,31H,14-18H2. The van der Waals surface area contributed by atoms with Crippen LogP contribution in [0.4, 0.5) is 4.39 Å². The van der Waals surface area contributed by atoms with E-state index in [9.17, 15) is 9.50 Å². The summed E-state index contributed by atoms with van der Waals surface area (Å²) in [4.78, 5) is 7.70. The molecular weight excluding hydrogens is 443 g/mol. The van der Waals surface area contributed by atoms with Gasteiger partial charge in [0.1, 0.15) is 30.4 Å². The van der Waals surface area contributed by atoms with Gasteiger partial charge in [0, 0.05) is 36.6 Å². The zero-order valence-corrected chi connectivity index (χ0v) is 18.9. The predicted octanol–water partition coefficient (Wildman–Crippen LogP) is 4.91. The average Bonchev–Trinajstić information content (AvgIpc) is 3.27. The van der Waals surface area contributed by atoms with Gasteiger partial charge in [-0.2, -0.15) is 0 Å². The summed E-state index contributed by atoms with van der Waals surface area (Å²) < 4.78 is 19.8. The maximum atomic E-state index is 14.1. The van der Waals surface area contributed by atoms with Gasteiger partial charge in [0.2, 0.25) is 0 Å². The lowest BCUT2D eigenvalue weighted by atomic mass is 10.0. The van der Waals surface area contributed by atoms with Crippen LogP contribution in [0.3, 0.4) is 0 Å². The molecule has 0 aromatic heterocycles. The Labute approximate surface area is 198 Å². The number of hydrogen-bond acceptors (Lipinski definition) is 5. The molecule has 0 aliphatic carbocycles. The summed E-state index contributed by atoms with van der Waals surface area (Å²) in [7, 11) is 0. The molecule has 0 spiro atoms. The third-order valence-electron chi connectivity index (χ3n) is 5.33. The van der Waals surface area contributed by atoms with Crippen LogP contribution in [0, 0.1) is 5.82 Å². The van der Waals surface area contributed by atoms with Gasteiger partial charge in [-0.3, -0.25) is 4.90 Å². The first-order valence-electron chi connectivity index (χ1n) is 10.9. The molecule has 4 rings (SSSR count). The number of benzene rings is 3. The molecule has 1 heterocycles. The van der Waals surface area contributed by atoms with Crippen molar-refractivity contribution in [2.45, 2.75) is 25.2 Å². The predicted molar refractivity (Wildman–Crippen MR) is 127 cm³/mol. The maximum absolute atomic E-state index is 14.1. The molecule has 33 heavy (non-hydrogen) atoms. The minimum atomic E-state index is -0.710. The highest BCUT2D eigenvalue weighted by Crippen LogP contribution is 2.21. The summed E-state index contributed by atoms with van der Waals surface area (Å²) in [5.41, 5.74) is 2.07. The SMILES string of the molecule is OC(COc1ccccc1)CN(Cc1cccc(Cl)c1)CC1CC(c2ccccc2F)=NO1. The van der Waals surface area contributed by atoms with Gasteiger partial charge in [-0.15, -0.1) is 0 Å². The molecule has 7 heteroatoms. The Morgan fingerprint density at radius 3 is 2.67 bits per heavy atom. The fourth-order valence-electron chi connectivity index (χ4n) is 3.83. The van der Waals surface area contributed by atoms with Gasteiger partial charge in [0.05, 0.1) is 5.71 Å². The third-order valence-corrected chi connectivity index (χ3v) is 5.56. The molecule has 1 N–H and O–H groups in total. The van der Waals surface area contributed by atoms with Gasteiger partial charge in [-0.05, 0) is 35.9 Å². The third kappa shape index (κ3) is 6.78. The number of aliphatic hydroxyl groups is 1. The molecule has 2 atom stereocenters. The van der Waals surface area contributed by atoms with E-state index in [4.69, 9.17) is 21.2 Å². The summed E-state index contributed by atoms with van der Waals surface area (Å²) in [5, 5.41) is 15.4. The molecule has 0 fully saturated rings. The van der Waals surface area contributed by atoms with Crippen molar-refractivity contribution in [1.29, 1.82) is 0 Å². The monoisotopic (exact) mass is 468 g/mol. The lowest BCUT2D eigenvalue weighted by Gasteiger charge is -2.27. The Morgan fingerprint density at radius 1 is 1.09 bits per heavy atom. The van der Waals surface area contributed by atoms with Crippen molar-refractivity contribution >= 4 is 17.3 Å². The van der Waals surface area contributed by atoms with E-state index in [2.05, 4.69) is 10.1 Å². The zero-order chi connectivity index (χ0) is 23.0. The number of nitrogens with zero attached hydrogens (tertiary/aromatic N) is 2. The molecule has 3 aromatic carbocycles. The number of aliphatic hydroxyl groups excluding tert-OH is 1. The Balaban J connectivity index is 1.39. The molecule has 0 saturated carbocycles. The van der Waals surface area contributed by atoms with Crippen LogP contribution < -0.4 is 4.74 Å². The van der Waals surface area contributed by atoms with E-state index in [1.807, 2.05) is 54.6 Å². The molecule has 0 bridgehead atoms. The number of rotatable bonds is 10. The van der Waals surface area contributed by atoms with Crippen LogP contribution >= 0.6 is 11.6 Å². The van der Waals surface area contributed by atoms with Gasteiger partial charge in [0.25, 0.3) is 0 Å². The zero-order valence-electron chi connectivity index (χ0n) is 18.1. The number of para-hydroxylation sites is 1. The average molecular weight is 469 g/mol. The first-order valence-corrected chi connectivity index (χ1v) is 11.2. The van der Waals surface area contributed by atoms with Crippen molar-refractivity contribution in [2.24, 2.45) is 5.16 Å².